The average molecular weight is 360 g/mol. The second kappa shape index (κ2) is 5.05. The van der Waals surface area contributed by atoms with Gasteiger partial charge in [0.1, 0.15) is 5.75 Å². The van der Waals surface area contributed by atoms with Crippen LogP contribution in [0.2, 0.25) is 0 Å². The fourth-order valence-electron chi connectivity index (χ4n) is 2.16. The zero-order chi connectivity index (χ0) is 13.3. The first kappa shape index (κ1) is 13.6. The van der Waals surface area contributed by atoms with Crippen LogP contribution in [0.5, 0.6) is 5.75 Å². The van der Waals surface area contributed by atoms with Crippen LogP contribution in [-0.4, -0.2) is 41.1 Å². The molecule has 0 bridgehead atoms. The molecule has 2 rings (SSSR count). The number of halogens is 1. The molecule has 0 atom stereocenters. The number of nitrogens with one attached hydrogen (secondary N) is 1. The second-order valence-corrected chi connectivity index (χ2v) is 6.44. The molecule has 1 fully saturated rings. The largest absolute Gasteiger partial charge is 0.507 e. The van der Waals surface area contributed by atoms with Crippen molar-refractivity contribution in [3.8, 4) is 5.75 Å². The molecule has 2 N–H and O–H groups in total. The first-order valence-corrected chi connectivity index (χ1v) is 7.00. The third-order valence-electron chi connectivity index (χ3n) is 3.05. The molecule has 1 aromatic rings. The molecule has 1 amide bonds. The lowest BCUT2D eigenvalue weighted by Gasteiger charge is -2.39. The van der Waals surface area contributed by atoms with E-state index >= 15 is 0 Å². The summed E-state index contributed by atoms with van der Waals surface area (Å²) in [6.45, 7) is 6.25. The van der Waals surface area contributed by atoms with Gasteiger partial charge in [-0.2, -0.15) is 0 Å². The van der Waals surface area contributed by atoms with Gasteiger partial charge in [-0.1, -0.05) is 0 Å². The van der Waals surface area contributed by atoms with Gasteiger partial charge in [-0.3, -0.25) is 4.79 Å². The molecule has 1 heterocycles. The van der Waals surface area contributed by atoms with E-state index in [1.54, 1.807) is 23.1 Å². The summed E-state index contributed by atoms with van der Waals surface area (Å²) in [5.74, 6) is -0.0441. The van der Waals surface area contributed by atoms with Crippen molar-refractivity contribution in [3.63, 3.8) is 0 Å². The van der Waals surface area contributed by atoms with Gasteiger partial charge in [0.15, 0.2) is 0 Å². The molecule has 0 radical (unpaired) electrons. The Morgan fingerprint density at radius 2 is 2.22 bits per heavy atom. The number of nitrogens with zero attached hydrogens (tertiary/aromatic N) is 1. The maximum absolute atomic E-state index is 12.4. The molecular weight excluding hydrogens is 343 g/mol. The van der Waals surface area contributed by atoms with Gasteiger partial charge in [0.25, 0.3) is 5.91 Å². The molecule has 0 unspecified atom stereocenters. The van der Waals surface area contributed by atoms with Gasteiger partial charge >= 0.3 is 0 Å². The number of phenols is 1. The van der Waals surface area contributed by atoms with E-state index in [1.165, 1.54) is 0 Å². The Hall–Kier alpha value is -0.820. The van der Waals surface area contributed by atoms with Crippen molar-refractivity contribution in [3.05, 3.63) is 27.3 Å². The third-order valence-corrected chi connectivity index (χ3v) is 3.72. The van der Waals surface area contributed by atoms with Gasteiger partial charge in [0.2, 0.25) is 0 Å². The Morgan fingerprint density at radius 1 is 1.50 bits per heavy atom. The minimum Gasteiger partial charge on any atom is -0.507 e. The maximum Gasteiger partial charge on any atom is 0.257 e. The summed E-state index contributed by atoms with van der Waals surface area (Å²) in [6, 6.07) is 5.09. The monoisotopic (exact) mass is 360 g/mol. The van der Waals surface area contributed by atoms with Gasteiger partial charge in [-0.15, -0.1) is 0 Å². The number of piperazine rings is 1. The van der Waals surface area contributed by atoms with Crippen LogP contribution in [0.25, 0.3) is 0 Å². The molecule has 5 heteroatoms. The third kappa shape index (κ3) is 2.95. The zero-order valence-corrected chi connectivity index (χ0v) is 12.7. The Balaban J connectivity index is 2.23. The number of carbonyl (C=O) groups is 1. The SMILES string of the molecule is CC1(C)CN(C(=O)c2cc(I)ccc2O)CCN1. The van der Waals surface area contributed by atoms with Crippen LogP contribution in [0.15, 0.2) is 18.2 Å². The Bertz CT molecular complexity index is 474. The number of aromatic hydroxyl groups is 1. The van der Waals surface area contributed by atoms with E-state index in [4.69, 9.17) is 0 Å². The predicted molar refractivity (Wildman–Crippen MR) is 78.8 cm³/mol. The van der Waals surface area contributed by atoms with E-state index in [-0.39, 0.29) is 17.2 Å². The number of hydrogen-bond acceptors (Lipinski definition) is 3. The van der Waals surface area contributed by atoms with E-state index in [1.807, 2.05) is 0 Å². The van der Waals surface area contributed by atoms with Gasteiger partial charge in [-0.05, 0) is 54.6 Å². The van der Waals surface area contributed by atoms with Gasteiger partial charge in [0.05, 0.1) is 5.56 Å². The summed E-state index contributed by atoms with van der Waals surface area (Å²) in [6.07, 6.45) is 0. The molecule has 98 valence electrons. The molecule has 1 aliphatic rings. The highest BCUT2D eigenvalue weighted by Gasteiger charge is 2.30. The summed E-state index contributed by atoms with van der Waals surface area (Å²) in [4.78, 5) is 14.2. The van der Waals surface area contributed by atoms with Crippen LogP contribution in [-0.2, 0) is 0 Å². The minimum absolute atomic E-state index is 0.0526. The lowest BCUT2D eigenvalue weighted by molar-refractivity contribution is 0.0649. The lowest BCUT2D eigenvalue weighted by atomic mass is 10.0. The molecular formula is C13H17IN2O2. The Labute approximate surface area is 121 Å². The number of benzene rings is 1. The summed E-state index contributed by atoms with van der Waals surface area (Å²) in [5.41, 5.74) is 0.311. The Morgan fingerprint density at radius 3 is 2.89 bits per heavy atom. The standard InChI is InChI=1S/C13H17IN2O2/c1-13(2)8-16(6-5-15-13)12(18)10-7-9(14)3-4-11(10)17/h3-4,7,15,17H,5-6,8H2,1-2H3. The normalized spacial score (nSPS) is 18.7. The van der Waals surface area contributed by atoms with Gasteiger partial charge < -0.3 is 15.3 Å². The first-order chi connectivity index (χ1) is 8.39. The molecule has 0 aliphatic carbocycles. The highest BCUT2D eigenvalue weighted by Crippen LogP contribution is 2.23. The van der Waals surface area contributed by atoms with Crippen LogP contribution >= 0.6 is 22.6 Å². The fourth-order valence-corrected chi connectivity index (χ4v) is 2.66. The molecule has 1 aromatic carbocycles. The minimum atomic E-state index is -0.0967. The molecule has 0 spiro atoms. The van der Waals surface area contributed by atoms with Crippen molar-refractivity contribution in [2.45, 2.75) is 19.4 Å². The quantitative estimate of drug-likeness (QED) is 0.752. The van der Waals surface area contributed by atoms with E-state index in [0.29, 0.717) is 18.7 Å². The molecule has 0 aromatic heterocycles. The van der Waals surface area contributed by atoms with Crippen molar-refractivity contribution in [2.24, 2.45) is 0 Å². The molecule has 18 heavy (non-hydrogen) atoms. The molecule has 0 saturated carbocycles. The van der Waals surface area contributed by atoms with Crippen molar-refractivity contribution >= 4 is 28.5 Å². The predicted octanol–water partition coefficient (Wildman–Crippen LogP) is 1.82. The van der Waals surface area contributed by atoms with Gasteiger partial charge in [0, 0.05) is 28.7 Å². The van der Waals surface area contributed by atoms with Crippen LogP contribution < -0.4 is 5.32 Å². The molecule has 1 aliphatic heterocycles. The number of amides is 1. The van der Waals surface area contributed by atoms with Crippen LogP contribution in [0, 0.1) is 3.57 Å². The van der Waals surface area contributed by atoms with Crippen molar-refractivity contribution in [1.82, 2.24) is 10.2 Å². The van der Waals surface area contributed by atoms with E-state index in [2.05, 4.69) is 41.8 Å². The molecule has 4 nitrogen and oxygen atoms in total. The summed E-state index contributed by atoms with van der Waals surface area (Å²) >= 11 is 2.14. The summed E-state index contributed by atoms with van der Waals surface area (Å²) in [5, 5.41) is 13.2. The van der Waals surface area contributed by atoms with E-state index < -0.39 is 0 Å². The number of hydrogen-bond donors (Lipinski definition) is 2. The summed E-state index contributed by atoms with van der Waals surface area (Å²) in [7, 11) is 0. The fraction of sp³-hybridized carbons (Fsp3) is 0.462. The highest BCUT2D eigenvalue weighted by atomic mass is 127. The average Bonchev–Trinajstić information content (AvgIpc) is 2.30. The number of rotatable bonds is 1. The van der Waals surface area contributed by atoms with E-state index in [0.717, 1.165) is 10.1 Å². The summed E-state index contributed by atoms with van der Waals surface area (Å²) < 4.78 is 0.947. The van der Waals surface area contributed by atoms with Gasteiger partial charge in [-0.25, -0.2) is 0 Å². The lowest BCUT2D eigenvalue weighted by Crippen LogP contribution is -2.58. The molecule has 1 saturated heterocycles. The van der Waals surface area contributed by atoms with Crippen LogP contribution in [0.3, 0.4) is 0 Å². The first-order valence-electron chi connectivity index (χ1n) is 5.92. The second-order valence-electron chi connectivity index (χ2n) is 5.20. The van der Waals surface area contributed by atoms with E-state index in [9.17, 15) is 9.90 Å². The number of carbonyl (C=O) groups excluding carboxylic acids is 1. The maximum atomic E-state index is 12.4. The Kier molecular flexibility index (Phi) is 3.82. The van der Waals surface area contributed by atoms with Crippen molar-refractivity contribution in [1.29, 1.82) is 0 Å². The van der Waals surface area contributed by atoms with Crippen LogP contribution in [0.1, 0.15) is 24.2 Å². The van der Waals surface area contributed by atoms with Crippen molar-refractivity contribution < 1.29 is 9.90 Å². The highest BCUT2D eigenvalue weighted by molar-refractivity contribution is 14.1. The smallest absolute Gasteiger partial charge is 0.257 e. The topological polar surface area (TPSA) is 52.6 Å². The van der Waals surface area contributed by atoms with Crippen molar-refractivity contribution in [2.75, 3.05) is 19.6 Å². The zero-order valence-electron chi connectivity index (χ0n) is 10.5. The number of phenolic OH excluding ortho intramolecular Hbond substituents is 1. The van der Waals surface area contributed by atoms with Crippen LogP contribution in [0.4, 0.5) is 0 Å².